The zero-order valence-electron chi connectivity index (χ0n) is 15.7. The molecule has 0 spiro atoms. The first-order valence-electron chi connectivity index (χ1n) is 9.06. The molecular formula is C21H21F3N2O2. The van der Waals surface area contributed by atoms with Crippen molar-refractivity contribution in [2.75, 3.05) is 22.9 Å². The van der Waals surface area contributed by atoms with E-state index in [1.807, 2.05) is 38.1 Å². The largest absolute Gasteiger partial charge is 0.416 e. The number of anilines is 2. The van der Waals surface area contributed by atoms with Crippen LogP contribution >= 0.6 is 0 Å². The van der Waals surface area contributed by atoms with Crippen LogP contribution in [-0.2, 0) is 15.8 Å². The normalized spacial score (nSPS) is 17.1. The van der Waals surface area contributed by atoms with Crippen molar-refractivity contribution in [3.05, 3.63) is 59.7 Å². The Bertz CT molecular complexity index is 878. The number of carbonyl (C=O) groups is 2. The third-order valence-electron chi connectivity index (χ3n) is 4.88. The first-order valence-corrected chi connectivity index (χ1v) is 9.06. The molecular weight excluding hydrogens is 369 g/mol. The van der Waals surface area contributed by atoms with Crippen molar-refractivity contribution in [3.8, 4) is 0 Å². The quantitative estimate of drug-likeness (QED) is 0.775. The number of alkyl halides is 3. The Morgan fingerprint density at radius 2 is 1.86 bits per heavy atom. The number of rotatable bonds is 4. The molecule has 3 rings (SSSR count). The number of hydrogen-bond acceptors (Lipinski definition) is 2. The van der Waals surface area contributed by atoms with Crippen molar-refractivity contribution in [2.45, 2.75) is 26.4 Å². The molecule has 2 aromatic carbocycles. The maximum atomic E-state index is 13.0. The molecule has 1 atom stereocenters. The lowest BCUT2D eigenvalue weighted by Crippen LogP contribution is -2.37. The third-order valence-corrected chi connectivity index (χ3v) is 4.88. The van der Waals surface area contributed by atoms with E-state index in [0.717, 1.165) is 23.4 Å². The van der Waals surface area contributed by atoms with E-state index in [9.17, 15) is 22.8 Å². The number of hydrogen-bond donors (Lipinski definition) is 0. The molecule has 0 aromatic heterocycles. The number of carbonyl (C=O) groups excluding carboxylic acids is 2. The van der Waals surface area contributed by atoms with Gasteiger partial charge in [-0.25, -0.2) is 0 Å². The predicted molar refractivity (Wildman–Crippen MR) is 101 cm³/mol. The Labute approximate surface area is 161 Å². The summed E-state index contributed by atoms with van der Waals surface area (Å²) >= 11 is 0. The molecule has 1 aliphatic rings. The van der Waals surface area contributed by atoms with Crippen LogP contribution in [-0.4, -0.2) is 24.9 Å². The Hall–Kier alpha value is -2.83. The van der Waals surface area contributed by atoms with Crippen LogP contribution < -0.4 is 9.80 Å². The first kappa shape index (κ1) is 19.9. The van der Waals surface area contributed by atoms with Crippen LogP contribution in [0.4, 0.5) is 24.5 Å². The number of halogens is 3. The summed E-state index contributed by atoms with van der Waals surface area (Å²) < 4.78 is 38.2. The van der Waals surface area contributed by atoms with Gasteiger partial charge in [-0.3, -0.25) is 9.59 Å². The van der Waals surface area contributed by atoms with Crippen molar-refractivity contribution in [2.24, 2.45) is 5.92 Å². The monoisotopic (exact) mass is 390 g/mol. The highest BCUT2D eigenvalue weighted by Crippen LogP contribution is 2.33. The minimum atomic E-state index is -4.43. The Balaban J connectivity index is 1.77. The smallest absolute Gasteiger partial charge is 0.312 e. The molecule has 0 saturated carbocycles. The van der Waals surface area contributed by atoms with Crippen LogP contribution in [0, 0.1) is 12.8 Å². The molecule has 1 unspecified atom stereocenters. The van der Waals surface area contributed by atoms with Gasteiger partial charge in [-0.1, -0.05) is 12.1 Å². The van der Waals surface area contributed by atoms with E-state index < -0.39 is 17.7 Å². The molecule has 28 heavy (non-hydrogen) atoms. The Morgan fingerprint density at radius 1 is 1.18 bits per heavy atom. The van der Waals surface area contributed by atoms with E-state index in [-0.39, 0.29) is 24.8 Å². The third kappa shape index (κ3) is 4.03. The van der Waals surface area contributed by atoms with Gasteiger partial charge in [0.05, 0.1) is 11.5 Å². The van der Waals surface area contributed by atoms with Gasteiger partial charge >= 0.3 is 6.18 Å². The fraction of sp³-hybridized carbons (Fsp3) is 0.333. The molecule has 2 aromatic rings. The summed E-state index contributed by atoms with van der Waals surface area (Å²) in [5.41, 5.74) is 1.39. The van der Waals surface area contributed by atoms with Gasteiger partial charge in [0.15, 0.2) is 0 Å². The van der Waals surface area contributed by atoms with Crippen LogP contribution in [0.15, 0.2) is 48.5 Å². The summed E-state index contributed by atoms with van der Waals surface area (Å²) in [4.78, 5) is 28.4. The van der Waals surface area contributed by atoms with E-state index in [4.69, 9.17) is 0 Å². The van der Waals surface area contributed by atoms with Crippen LogP contribution in [0.2, 0.25) is 0 Å². The fourth-order valence-electron chi connectivity index (χ4n) is 3.43. The lowest BCUT2D eigenvalue weighted by Gasteiger charge is -2.25. The molecule has 0 bridgehead atoms. The Morgan fingerprint density at radius 3 is 2.43 bits per heavy atom. The number of benzene rings is 2. The second-order valence-corrected chi connectivity index (χ2v) is 6.87. The van der Waals surface area contributed by atoms with E-state index in [1.165, 1.54) is 17.0 Å². The Kier molecular flexibility index (Phi) is 5.45. The van der Waals surface area contributed by atoms with E-state index in [0.29, 0.717) is 12.2 Å². The lowest BCUT2D eigenvalue weighted by molar-refractivity contribution is -0.137. The molecule has 1 saturated heterocycles. The van der Waals surface area contributed by atoms with E-state index in [2.05, 4.69) is 0 Å². The molecule has 148 valence electrons. The van der Waals surface area contributed by atoms with Gasteiger partial charge in [0.25, 0.3) is 0 Å². The number of nitrogens with zero attached hydrogens (tertiary/aromatic N) is 2. The van der Waals surface area contributed by atoms with Gasteiger partial charge in [-0.2, -0.15) is 13.2 Å². The van der Waals surface area contributed by atoms with Crippen LogP contribution in [0.3, 0.4) is 0 Å². The second-order valence-electron chi connectivity index (χ2n) is 6.87. The van der Waals surface area contributed by atoms with Crippen molar-refractivity contribution in [1.29, 1.82) is 0 Å². The highest BCUT2D eigenvalue weighted by atomic mass is 19.4. The van der Waals surface area contributed by atoms with E-state index in [1.54, 1.807) is 4.90 Å². The molecule has 4 nitrogen and oxygen atoms in total. The predicted octanol–water partition coefficient (Wildman–Crippen LogP) is 4.42. The molecule has 1 fully saturated rings. The summed E-state index contributed by atoms with van der Waals surface area (Å²) in [6.07, 6.45) is -4.39. The second kappa shape index (κ2) is 7.66. The summed E-state index contributed by atoms with van der Waals surface area (Å²) in [5.74, 6) is -0.954. The van der Waals surface area contributed by atoms with Crippen LogP contribution in [0.5, 0.6) is 0 Å². The lowest BCUT2D eigenvalue weighted by atomic mass is 10.1. The van der Waals surface area contributed by atoms with Crippen molar-refractivity contribution in [3.63, 3.8) is 0 Å². The maximum Gasteiger partial charge on any atom is 0.416 e. The minimum absolute atomic E-state index is 0.0438. The highest BCUT2D eigenvalue weighted by molar-refractivity contribution is 6.04. The van der Waals surface area contributed by atoms with Crippen LogP contribution in [0.25, 0.3) is 0 Å². The molecule has 1 aliphatic heterocycles. The molecule has 7 heteroatoms. The molecule has 2 amide bonds. The number of aryl methyl sites for hydroxylation is 1. The van der Waals surface area contributed by atoms with Crippen molar-refractivity contribution >= 4 is 23.2 Å². The van der Waals surface area contributed by atoms with E-state index >= 15 is 0 Å². The molecule has 0 radical (unpaired) electrons. The molecule has 0 N–H and O–H groups in total. The van der Waals surface area contributed by atoms with Gasteiger partial charge in [0.2, 0.25) is 11.8 Å². The summed E-state index contributed by atoms with van der Waals surface area (Å²) in [5, 5.41) is 0. The first-order chi connectivity index (χ1) is 13.2. The highest BCUT2D eigenvalue weighted by Gasteiger charge is 2.38. The summed E-state index contributed by atoms with van der Waals surface area (Å²) in [7, 11) is 0. The summed E-state index contributed by atoms with van der Waals surface area (Å²) in [6.45, 7) is 4.43. The van der Waals surface area contributed by atoms with Gasteiger partial charge in [-0.15, -0.1) is 0 Å². The van der Waals surface area contributed by atoms with Gasteiger partial charge in [0, 0.05) is 30.9 Å². The zero-order chi connectivity index (χ0) is 20.5. The SMILES string of the molecule is CCN(C(=O)C1CC(=O)N(c2ccc(C(F)(F)F)cc2)C1)c1cccc(C)c1. The molecule has 1 heterocycles. The van der Waals surface area contributed by atoms with Crippen LogP contribution in [0.1, 0.15) is 24.5 Å². The fourth-order valence-corrected chi connectivity index (χ4v) is 3.43. The van der Waals surface area contributed by atoms with Gasteiger partial charge in [-0.05, 0) is 55.8 Å². The van der Waals surface area contributed by atoms with Crippen molar-refractivity contribution in [1.82, 2.24) is 0 Å². The molecule has 0 aliphatic carbocycles. The zero-order valence-corrected chi connectivity index (χ0v) is 15.7. The van der Waals surface area contributed by atoms with Gasteiger partial charge < -0.3 is 9.80 Å². The number of amides is 2. The van der Waals surface area contributed by atoms with Crippen molar-refractivity contribution < 1.29 is 22.8 Å². The summed E-state index contributed by atoms with van der Waals surface area (Å²) in [6, 6.07) is 12.0. The topological polar surface area (TPSA) is 40.6 Å². The maximum absolute atomic E-state index is 13.0. The average molecular weight is 390 g/mol. The minimum Gasteiger partial charge on any atom is -0.312 e. The standard InChI is InChI=1S/C21H21F3N2O2/c1-3-25(18-6-4-5-14(2)11-18)20(28)15-12-19(27)26(13-15)17-9-7-16(8-10-17)21(22,23)24/h4-11,15H,3,12-13H2,1-2H3. The average Bonchev–Trinajstić information content (AvgIpc) is 3.03. The van der Waals surface area contributed by atoms with Gasteiger partial charge in [0.1, 0.15) is 0 Å².